The summed E-state index contributed by atoms with van der Waals surface area (Å²) in [4.78, 5) is 32.8. The molecule has 0 saturated heterocycles. The van der Waals surface area contributed by atoms with Crippen molar-refractivity contribution in [2.24, 2.45) is 0 Å². The topological polar surface area (TPSA) is 93.2 Å². The Balaban J connectivity index is 1.84. The first-order valence-electron chi connectivity index (χ1n) is 9.62. The van der Waals surface area contributed by atoms with Gasteiger partial charge >= 0.3 is 5.97 Å². The average molecular weight is 412 g/mol. The zero-order chi connectivity index (χ0) is 21.8. The van der Waals surface area contributed by atoms with E-state index >= 15 is 0 Å². The third-order valence-corrected chi connectivity index (χ3v) is 4.87. The third-order valence-electron chi connectivity index (χ3n) is 4.87. The van der Waals surface area contributed by atoms with E-state index in [9.17, 15) is 9.59 Å². The second-order valence-corrected chi connectivity index (χ2v) is 6.77. The molecule has 2 heterocycles. The van der Waals surface area contributed by atoms with Crippen molar-refractivity contribution in [3.05, 3.63) is 84.3 Å². The summed E-state index contributed by atoms with van der Waals surface area (Å²) >= 11 is 0. The summed E-state index contributed by atoms with van der Waals surface area (Å²) in [5.74, 6) is -0.721. The van der Waals surface area contributed by atoms with E-state index in [-0.39, 0.29) is 11.6 Å². The fraction of sp³-hybridized carbons (Fsp3) is 0.0833. The molecular weight excluding hydrogens is 392 g/mol. The normalized spacial score (nSPS) is 10.5. The van der Waals surface area contributed by atoms with Crippen LogP contribution in [-0.4, -0.2) is 36.0 Å². The number of fused-ring (bicyclic) bond motifs is 1. The number of amides is 1. The second kappa shape index (κ2) is 8.62. The Hall–Kier alpha value is -4.26. The highest BCUT2D eigenvalue weighted by Crippen LogP contribution is 2.32. The molecule has 2 aromatic carbocycles. The lowest BCUT2D eigenvalue weighted by Crippen LogP contribution is -2.19. The van der Waals surface area contributed by atoms with Gasteiger partial charge in [-0.05, 0) is 35.9 Å². The van der Waals surface area contributed by atoms with Crippen molar-refractivity contribution in [2.75, 3.05) is 19.5 Å². The highest BCUT2D eigenvalue weighted by Gasteiger charge is 2.16. The molecule has 4 aromatic rings. The number of anilines is 2. The predicted octanol–water partition coefficient (Wildman–Crippen LogP) is 4.19. The maximum absolute atomic E-state index is 12.5. The second-order valence-electron chi connectivity index (χ2n) is 6.77. The minimum atomic E-state index is -0.487. The van der Waals surface area contributed by atoms with Crippen LogP contribution in [0.5, 0.6) is 0 Å². The summed E-state index contributed by atoms with van der Waals surface area (Å²) in [6.07, 6.45) is 3.19. The van der Waals surface area contributed by atoms with Crippen LogP contribution in [-0.2, 0) is 4.74 Å². The van der Waals surface area contributed by atoms with Gasteiger partial charge < -0.3 is 15.4 Å². The third kappa shape index (κ3) is 4.06. The van der Waals surface area contributed by atoms with Gasteiger partial charge in [0.2, 0.25) is 0 Å². The van der Waals surface area contributed by atoms with Gasteiger partial charge in [-0.15, -0.1) is 0 Å². The van der Waals surface area contributed by atoms with E-state index in [0.29, 0.717) is 11.3 Å². The SMILES string of the molecule is CNC(=O)c1cnc2ccc(-c3ccc(C(=O)OC)nc3)cc2c1Nc1ccccc1. The van der Waals surface area contributed by atoms with Crippen molar-refractivity contribution in [1.29, 1.82) is 0 Å². The molecule has 0 fully saturated rings. The summed E-state index contributed by atoms with van der Waals surface area (Å²) in [5.41, 5.74) is 4.64. The standard InChI is InChI=1S/C24H20N4O3/c1-25-23(29)19-14-27-20-10-8-15(16-9-11-21(26-13-16)24(30)31-2)12-18(20)22(19)28-17-6-4-3-5-7-17/h3-14H,1-2H3,(H,25,29)(H,27,28). The Morgan fingerprint density at radius 3 is 2.35 bits per heavy atom. The van der Waals surface area contributed by atoms with Gasteiger partial charge in [-0.2, -0.15) is 0 Å². The number of nitrogens with one attached hydrogen (secondary N) is 2. The molecule has 31 heavy (non-hydrogen) atoms. The van der Waals surface area contributed by atoms with Crippen molar-refractivity contribution in [3.63, 3.8) is 0 Å². The van der Waals surface area contributed by atoms with Gasteiger partial charge in [0.15, 0.2) is 0 Å². The van der Waals surface area contributed by atoms with Crippen LogP contribution in [0.25, 0.3) is 22.0 Å². The zero-order valence-electron chi connectivity index (χ0n) is 17.0. The number of ether oxygens (including phenoxy) is 1. The van der Waals surface area contributed by atoms with Crippen LogP contribution < -0.4 is 10.6 Å². The lowest BCUT2D eigenvalue weighted by atomic mass is 10.0. The van der Waals surface area contributed by atoms with Gasteiger partial charge in [0.05, 0.1) is 23.9 Å². The van der Waals surface area contributed by atoms with E-state index in [4.69, 9.17) is 4.74 Å². The number of pyridine rings is 2. The lowest BCUT2D eigenvalue weighted by molar-refractivity contribution is 0.0594. The molecule has 0 saturated carbocycles. The van der Waals surface area contributed by atoms with Crippen LogP contribution in [0, 0.1) is 0 Å². The van der Waals surface area contributed by atoms with E-state index in [1.54, 1.807) is 31.6 Å². The number of methoxy groups -OCH3 is 1. The van der Waals surface area contributed by atoms with Crippen LogP contribution >= 0.6 is 0 Å². The van der Waals surface area contributed by atoms with Crippen molar-refractivity contribution in [1.82, 2.24) is 15.3 Å². The first-order chi connectivity index (χ1) is 15.1. The molecule has 2 aromatic heterocycles. The van der Waals surface area contributed by atoms with Crippen molar-refractivity contribution < 1.29 is 14.3 Å². The summed E-state index contributed by atoms with van der Waals surface area (Å²) < 4.78 is 4.70. The molecule has 0 radical (unpaired) electrons. The smallest absolute Gasteiger partial charge is 0.356 e. The number of carbonyl (C=O) groups excluding carboxylic acids is 2. The van der Waals surface area contributed by atoms with E-state index in [2.05, 4.69) is 20.6 Å². The molecule has 154 valence electrons. The molecule has 1 amide bonds. The number of nitrogens with zero attached hydrogens (tertiary/aromatic N) is 2. The van der Waals surface area contributed by atoms with Gasteiger partial charge in [0.25, 0.3) is 5.91 Å². The molecule has 0 spiro atoms. The van der Waals surface area contributed by atoms with E-state index in [1.807, 2.05) is 48.5 Å². The number of rotatable bonds is 5. The number of aromatic nitrogens is 2. The Kier molecular flexibility index (Phi) is 5.57. The van der Waals surface area contributed by atoms with Crippen LogP contribution in [0.1, 0.15) is 20.8 Å². The highest BCUT2D eigenvalue weighted by molar-refractivity contribution is 6.08. The molecule has 0 bridgehead atoms. The summed E-state index contributed by atoms with van der Waals surface area (Å²) in [6, 6.07) is 18.8. The molecule has 0 aliphatic rings. The van der Waals surface area contributed by atoms with Crippen molar-refractivity contribution in [3.8, 4) is 11.1 Å². The summed E-state index contributed by atoms with van der Waals surface area (Å²) in [6.45, 7) is 0. The van der Waals surface area contributed by atoms with Crippen LogP contribution in [0.4, 0.5) is 11.4 Å². The number of hydrogen-bond acceptors (Lipinski definition) is 6. The van der Waals surface area contributed by atoms with Crippen LogP contribution in [0.2, 0.25) is 0 Å². The lowest BCUT2D eigenvalue weighted by Gasteiger charge is -2.15. The van der Waals surface area contributed by atoms with E-state index < -0.39 is 5.97 Å². The maximum atomic E-state index is 12.5. The number of esters is 1. The minimum absolute atomic E-state index is 0.234. The highest BCUT2D eigenvalue weighted by atomic mass is 16.5. The summed E-state index contributed by atoms with van der Waals surface area (Å²) in [5, 5.41) is 6.82. The Morgan fingerprint density at radius 1 is 0.903 bits per heavy atom. The quantitative estimate of drug-likeness (QED) is 0.478. The zero-order valence-corrected chi connectivity index (χ0v) is 17.0. The molecule has 0 aliphatic carbocycles. The molecular formula is C24H20N4O3. The monoisotopic (exact) mass is 412 g/mol. The molecule has 7 nitrogen and oxygen atoms in total. The van der Waals surface area contributed by atoms with Gasteiger partial charge in [0.1, 0.15) is 5.69 Å². The number of carbonyl (C=O) groups is 2. The van der Waals surface area contributed by atoms with Crippen LogP contribution in [0.3, 0.4) is 0 Å². The molecule has 4 rings (SSSR count). The van der Waals surface area contributed by atoms with Gasteiger partial charge in [0, 0.05) is 36.1 Å². The number of para-hydroxylation sites is 1. The molecule has 0 atom stereocenters. The van der Waals surface area contributed by atoms with E-state index in [1.165, 1.54) is 7.11 Å². The molecule has 0 unspecified atom stereocenters. The minimum Gasteiger partial charge on any atom is -0.464 e. The largest absolute Gasteiger partial charge is 0.464 e. The Labute approximate surface area is 179 Å². The van der Waals surface area contributed by atoms with Gasteiger partial charge in [-0.25, -0.2) is 9.78 Å². The Morgan fingerprint density at radius 2 is 1.68 bits per heavy atom. The van der Waals surface area contributed by atoms with Gasteiger partial charge in [-0.1, -0.05) is 30.3 Å². The first-order valence-corrected chi connectivity index (χ1v) is 9.62. The number of hydrogen-bond donors (Lipinski definition) is 2. The summed E-state index contributed by atoms with van der Waals surface area (Å²) in [7, 11) is 2.91. The molecule has 2 N–H and O–H groups in total. The van der Waals surface area contributed by atoms with Crippen LogP contribution in [0.15, 0.2) is 73.1 Å². The van der Waals surface area contributed by atoms with Gasteiger partial charge in [-0.3, -0.25) is 9.78 Å². The predicted molar refractivity (Wildman–Crippen MR) is 119 cm³/mol. The fourth-order valence-corrected chi connectivity index (χ4v) is 3.27. The molecule has 7 heteroatoms. The van der Waals surface area contributed by atoms with Crippen molar-refractivity contribution >= 4 is 34.2 Å². The van der Waals surface area contributed by atoms with E-state index in [0.717, 1.165) is 27.7 Å². The number of benzene rings is 2. The first kappa shape index (κ1) is 20.0. The maximum Gasteiger partial charge on any atom is 0.356 e. The average Bonchev–Trinajstić information content (AvgIpc) is 2.83. The van der Waals surface area contributed by atoms with Crippen molar-refractivity contribution in [2.45, 2.75) is 0 Å². The molecule has 0 aliphatic heterocycles. The Bertz CT molecular complexity index is 1260. The fourth-order valence-electron chi connectivity index (χ4n) is 3.27.